The highest BCUT2D eigenvalue weighted by atomic mass is 35.5. The Labute approximate surface area is 151 Å². The molecule has 1 aromatic heterocycles. The molecule has 2 N–H and O–H groups in total. The quantitative estimate of drug-likeness (QED) is 0.877. The van der Waals surface area contributed by atoms with E-state index in [0.717, 1.165) is 24.5 Å². The Morgan fingerprint density at radius 1 is 1.16 bits per heavy atom. The van der Waals surface area contributed by atoms with E-state index in [-0.39, 0.29) is 6.03 Å². The normalized spacial score (nSPS) is 14.3. The van der Waals surface area contributed by atoms with Crippen LogP contribution in [0.2, 0.25) is 5.02 Å². The van der Waals surface area contributed by atoms with E-state index in [0.29, 0.717) is 35.6 Å². The monoisotopic (exact) mass is 361 g/mol. The summed E-state index contributed by atoms with van der Waals surface area (Å²) < 4.78 is 5.35. The van der Waals surface area contributed by atoms with Crippen LogP contribution < -0.4 is 15.5 Å². The lowest BCUT2D eigenvalue weighted by Crippen LogP contribution is -2.37. The molecule has 1 aliphatic rings. The molecule has 1 aromatic carbocycles. The fourth-order valence-electron chi connectivity index (χ4n) is 2.63. The second-order valence-corrected chi connectivity index (χ2v) is 6.19. The number of ether oxygens (including phenoxy) is 1. The molecule has 1 saturated heterocycles. The average molecular weight is 362 g/mol. The number of aryl methyl sites for hydroxylation is 2. The van der Waals surface area contributed by atoms with Gasteiger partial charge < -0.3 is 20.3 Å². The SMILES string of the molecule is Cc1nc(N2CCOCC2)nc(C)c1NC(=O)Nc1cccc(Cl)c1. The van der Waals surface area contributed by atoms with Crippen molar-refractivity contribution in [2.45, 2.75) is 13.8 Å². The topological polar surface area (TPSA) is 79.4 Å². The van der Waals surface area contributed by atoms with E-state index in [9.17, 15) is 4.79 Å². The summed E-state index contributed by atoms with van der Waals surface area (Å²) in [5.74, 6) is 0.666. The zero-order valence-corrected chi connectivity index (χ0v) is 14.9. The van der Waals surface area contributed by atoms with Gasteiger partial charge in [0.1, 0.15) is 0 Å². The van der Waals surface area contributed by atoms with E-state index in [1.807, 2.05) is 13.8 Å². The average Bonchev–Trinajstić information content (AvgIpc) is 2.59. The number of aromatic nitrogens is 2. The molecule has 132 valence electrons. The highest BCUT2D eigenvalue weighted by Gasteiger charge is 2.17. The Morgan fingerprint density at radius 3 is 2.48 bits per heavy atom. The van der Waals surface area contributed by atoms with Crippen molar-refractivity contribution in [2.75, 3.05) is 41.8 Å². The number of hydrogen-bond acceptors (Lipinski definition) is 5. The van der Waals surface area contributed by atoms with Crippen LogP contribution in [-0.4, -0.2) is 42.3 Å². The van der Waals surface area contributed by atoms with Crippen molar-refractivity contribution < 1.29 is 9.53 Å². The third-order valence-corrected chi connectivity index (χ3v) is 4.11. The third-order valence-electron chi connectivity index (χ3n) is 3.87. The molecule has 0 aliphatic carbocycles. The number of morpholine rings is 1. The van der Waals surface area contributed by atoms with Crippen LogP contribution in [0.3, 0.4) is 0 Å². The van der Waals surface area contributed by atoms with Crippen LogP contribution in [0.4, 0.5) is 22.1 Å². The summed E-state index contributed by atoms with van der Waals surface area (Å²) in [5.41, 5.74) is 2.66. The van der Waals surface area contributed by atoms with E-state index in [2.05, 4.69) is 25.5 Å². The molecular formula is C17H20ClN5O2. The van der Waals surface area contributed by atoms with Crippen molar-refractivity contribution >= 4 is 35.0 Å². The highest BCUT2D eigenvalue weighted by Crippen LogP contribution is 2.22. The van der Waals surface area contributed by atoms with Crippen molar-refractivity contribution in [3.05, 3.63) is 40.7 Å². The first kappa shape index (κ1) is 17.4. The van der Waals surface area contributed by atoms with Gasteiger partial charge in [0.2, 0.25) is 5.95 Å². The second-order valence-electron chi connectivity index (χ2n) is 5.76. The zero-order chi connectivity index (χ0) is 17.8. The molecule has 8 heteroatoms. The molecule has 2 heterocycles. The molecule has 0 saturated carbocycles. The van der Waals surface area contributed by atoms with Gasteiger partial charge in [0, 0.05) is 23.8 Å². The van der Waals surface area contributed by atoms with Gasteiger partial charge >= 0.3 is 6.03 Å². The van der Waals surface area contributed by atoms with E-state index < -0.39 is 0 Å². The lowest BCUT2D eigenvalue weighted by molar-refractivity contribution is 0.122. The number of halogens is 1. The molecule has 0 radical (unpaired) electrons. The molecular weight excluding hydrogens is 342 g/mol. The first-order chi connectivity index (χ1) is 12.0. The Balaban J connectivity index is 1.72. The number of amides is 2. The van der Waals surface area contributed by atoms with Crippen molar-refractivity contribution in [1.29, 1.82) is 0 Å². The fraction of sp³-hybridized carbons (Fsp3) is 0.353. The van der Waals surface area contributed by atoms with Gasteiger partial charge in [-0.1, -0.05) is 17.7 Å². The standard InChI is InChI=1S/C17H20ClN5O2/c1-11-15(22-17(24)21-14-5-3-4-13(18)10-14)12(2)20-16(19-11)23-6-8-25-9-7-23/h3-5,10H,6-9H2,1-2H3,(H2,21,22,24). The number of nitrogens with one attached hydrogen (secondary N) is 2. The number of carbonyl (C=O) groups is 1. The summed E-state index contributed by atoms with van der Waals surface area (Å²) in [6.45, 7) is 6.58. The van der Waals surface area contributed by atoms with Crippen LogP contribution in [0.15, 0.2) is 24.3 Å². The van der Waals surface area contributed by atoms with Crippen LogP contribution in [0, 0.1) is 13.8 Å². The fourth-order valence-corrected chi connectivity index (χ4v) is 2.82. The second kappa shape index (κ2) is 7.67. The van der Waals surface area contributed by atoms with Gasteiger partial charge in [0.25, 0.3) is 0 Å². The predicted molar refractivity (Wildman–Crippen MR) is 98.6 cm³/mol. The summed E-state index contributed by atoms with van der Waals surface area (Å²) >= 11 is 5.92. The van der Waals surface area contributed by atoms with Crippen LogP contribution >= 0.6 is 11.6 Å². The largest absolute Gasteiger partial charge is 0.378 e. The molecule has 2 amide bonds. The van der Waals surface area contributed by atoms with E-state index in [4.69, 9.17) is 16.3 Å². The highest BCUT2D eigenvalue weighted by molar-refractivity contribution is 6.30. The minimum atomic E-state index is -0.365. The lowest BCUT2D eigenvalue weighted by Gasteiger charge is -2.27. The summed E-state index contributed by atoms with van der Waals surface area (Å²) in [6, 6.07) is 6.60. The van der Waals surface area contributed by atoms with Gasteiger partial charge in [-0.3, -0.25) is 0 Å². The molecule has 0 spiro atoms. The summed E-state index contributed by atoms with van der Waals surface area (Å²) in [6.07, 6.45) is 0. The Morgan fingerprint density at radius 2 is 1.84 bits per heavy atom. The molecule has 1 aliphatic heterocycles. The number of hydrogen-bond donors (Lipinski definition) is 2. The molecule has 3 rings (SSSR count). The lowest BCUT2D eigenvalue weighted by atomic mass is 10.3. The molecule has 0 bridgehead atoms. The van der Waals surface area contributed by atoms with Crippen LogP contribution in [-0.2, 0) is 4.74 Å². The van der Waals surface area contributed by atoms with Crippen molar-refractivity contribution in [3.63, 3.8) is 0 Å². The minimum absolute atomic E-state index is 0.365. The third kappa shape index (κ3) is 4.37. The Hall–Kier alpha value is -2.38. The van der Waals surface area contributed by atoms with E-state index >= 15 is 0 Å². The maximum atomic E-state index is 12.2. The van der Waals surface area contributed by atoms with Crippen LogP contribution in [0.1, 0.15) is 11.4 Å². The number of nitrogens with zero attached hydrogens (tertiary/aromatic N) is 3. The first-order valence-corrected chi connectivity index (χ1v) is 8.42. The molecule has 1 fully saturated rings. The zero-order valence-electron chi connectivity index (χ0n) is 14.2. The Bertz CT molecular complexity index is 754. The molecule has 0 unspecified atom stereocenters. The van der Waals surface area contributed by atoms with Crippen molar-refractivity contribution in [1.82, 2.24) is 9.97 Å². The molecule has 2 aromatic rings. The summed E-state index contributed by atoms with van der Waals surface area (Å²) in [7, 11) is 0. The van der Waals surface area contributed by atoms with Crippen molar-refractivity contribution in [2.24, 2.45) is 0 Å². The smallest absolute Gasteiger partial charge is 0.323 e. The number of urea groups is 1. The predicted octanol–water partition coefficient (Wildman–Crippen LogP) is 3.23. The van der Waals surface area contributed by atoms with E-state index in [1.54, 1.807) is 24.3 Å². The molecule has 0 atom stereocenters. The number of benzene rings is 1. The van der Waals surface area contributed by atoms with Gasteiger partial charge in [0.15, 0.2) is 0 Å². The summed E-state index contributed by atoms with van der Waals surface area (Å²) in [4.78, 5) is 23.4. The maximum Gasteiger partial charge on any atom is 0.323 e. The minimum Gasteiger partial charge on any atom is -0.378 e. The van der Waals surface area contributed by atoms with Crippen LogP contribution in [0.5, 0.6) is 0 Å². The molecule has 7 nitrogen and oxygen atoms in total. The number of anilines is 3. The van der Waals surface area contributed by atoms with Gasteiger partial charge in [-0.05, 0) is 32.0 Å². The summed E-state index contributed by atoms with van der Waals surface area (Å²) in [5, 5.41) is 6.12. The Kier molecular flexibility index (Phi) is 5.35. The van der Waals surface area contributed by atoms with Crippen molar-refractivity contribution in [3.8, 4) is 0 Å². The van der Waals surface area contributed by atoms with Gasteiger partial charge in [-0.2, -0.15) is 0 Å². The van der Waals surface area contributed by atoms with Gasteiger partial charge in [-0.15, -0.1) is 0 Å². The first-order valence-electron chi connectivity index (χ1n) is 8.04. The number of carbonyl (C=O) groups excluding carboxylic acids is 1. The number of rotatable bonds is 3. The van der Waals surface area contributed by atoms with Gasteiger partial charge in [0.05, 0.1) is 30.3 Å². The van der Waals surface area contributed by atoms with Crippen LogP contribution in [0.25, 0.3) is 0 Å². The molecule has 25 heavy (non-hydrogen) atoms. The van der Waals surface area contributed by atoms with Gasteiger partial charge in [-0.25, -0.2) is 14.8 Å². The maximum absolute atomic E-state index is 12.2. The van der Waals surface area contributed by atoms with E-state index in [1.165, 1.54) is 0 Å².